The fourth-order valence-electron chi connectivity index (χ4n) is 1.85. The lowest BCUT2D eigenvalue weighted by atomic mass is 9.80. The fraction of sp³-hybridized carbons (Fsp3) is 0.417. The first-order chi connectivity index (χ1) is 8.20. The highest BCUT2D eigenvalue weighted by Gasteiger charge is 2.33. The maximum absolute atomic E-state index is 14.0. The minimum absolute atomic E-state index is 0.169. The van der Waals surface area contributed by atoms with Crippen LogP contribution in [0, 0.1) is 11.6 Å². The van der Waals surface area contributed by atoms with E-state index >= 15 is 0 Å². The molecule has 0 aromatic heterocycles. The zero-order valence-electron chi connectivity index (χ0n) is 10.2. The van der Waals surface area contributed by atoms with Gasteiger partial charge in [-0.25, -0.2) is 8.78 Å². The quantitative estimate of drug-likeness (QED) is 0.859. The molecule has 100 valence electrons. The second kappa shape index (κ2) is 5.10. The molecule has 0 fully saturated rings. The summed E-state index contributed by atoms with van der Waals surface area (Å²) in [4.78, 5) is 10.8. The number of aliphatic carboxylic acids is 1. The highest BCUT2D eigenvalue weighted by molar-refractivity contribution is 6.30. The van der Waals surface area contributed by atoms with Gasteiger partial charge in [-0.2, -0.15) is 0 Å². The summed E-state index contributed by atoms with van der Waals surface area (Å²) in [6.07, 6.45) is -0.375. The van der Waals surface area contributed by atoms with Gasteiger partial charge in [0.1, 0.15) is 5.82 Å². The topological polar surface area (TPSA) is 46.5 Å². The number of carboxylic acid groups (broad SMARTS) is 1. The van der Waals surface area contributed by atoms with Crippen molar-refractivity contribution < 1.29 is 23.4 Å². The average molecular weight is 279 g/mol. The van der Waals surface area contributed by atoms with Crippen LogP contribution >= 0.6 is 11.6 Å². The first-order valence-corrected chi connectivity index (χ1v) is 5.52. The van der Waals surface area contributed by atoms with Gasteiger partial charge in [-0.15, -0.1) is 0 Å². The van der Waals surface area contributed by atoms with Crippen molar-refractivity contribution in [3.8, 4) is 5.75 Å². The average Bonchev–Trinajstić information content (AvgIpc) is 2.20. The van der Waals surface area contributed by atoms with Crippen molar-refractivity contribution in [3.63, 3.8) is 0 Å². The monoisotopic (exact) mass is 278 g/mol. The second-order valence-corrected chi connectivity index (χ2v) is 4.92. The van der Waals surface area contributed by atoms with Gasteiger partial charge in [0.2, 0.25) is 0 Å². The van der Waals surface area contributed by atoms with Gasteiger partial charge >= 0.3 is 5.97 Å². The van der Waals surface area contributed by atoms with Crippen LogP contribution in [0.4, 0.5) is 8.78 Å². The van der Waals surface area contributed by atoms with Crippen LogP contribution in [-0.4, -0.2) is 18.2 Å². The standard InChI is InChI=1S/C12H13ClF2O3/c1-12(2,5-8(16)17)9-10(15)6(13)4-7(14)11(9)18-3/h4H,5H2,1-3H3,(H,16,17). The van der Waals surface area contributed by atoms with Crippen molar-refractivity contribution >= 4 is 17.6 Å². The minimum atomic E-state index is -1.15. The third kappa shape index (κ3) is 2.72. The van der Waals surface area contributed by atoms with Crippen molar-refractivity contribution in [1.29, 1.82) is 0 Å². The van der Waals surface area contributed by atoms with E-state index in [0.717, 1.165) is 6.07 Å². The Hall–Kier alpha value is -1.36. The summed E-state index contributed by atoms with van der Waals surface area (Å²) in [6, 6.07) is 0.802. The third-order valence-corrected chi connectivity index (χ3v) is 2.88. The van der Waals surface area contributed by atoms with Gasteiger partial charge < -0.3 is 9.84 Å². The number of hydrogen-bond donors (Lipinski definition) is 1. The molecule has 0 radical (unpaired) electrons. The molecule has 0 spiro atoms. The maximum atomic E-state index is 14.0. The molecule has 6 heteroatoms. The third-order valence-electron chi connectivity index (χ3n) is 2.60. The molecule has 3 nitrogen and oxygen atoms in total. The molecule has 1 rings (SSSR count). The Bertz CT molecular complexity index is 487. The van der Waals surface area contributed by atoms with Gasteiger partial charge in [-0.1, -0.05) is 25.4 Å². The molecule has 0 saturated carbocycles. The highest BCUT2D eigenvalue weighted by atomic mass is 35.5. The number of rotatable bonds is 4. The predicted octanol–water partition coefficient (Wildman–Crippen LogP) is 3.38. The molecule has 0 unspecified atom stereocenters. The number of carboxylic acids is 1. The molecule has 0 aliphatic rings. The molecule has 0 amide bonds. The lowest BCUT2D eigenvalue weighted by Crippen LogP contribution is -2.24. The molecule has 0 aliphatic heterocycles. The number of halogens is 3. The van der Waals surface area contributed by atoms with Crippen LogP contribution < -0.4 is 4.74 Å². The minimum Gasteiger partial charge on any atom is -0.493 e. The van der Waals surface area contributed by atoms with E-state index in [-0.39, 0.29) is 17.7 Å². The molecule has 0 heterocycles. The van der Waals surface area contributed by atoms with Gasteiger partial charge in [0.15, 0.2) is 11.6 Å². The summed E-state index contributed by atoms with van der Waals surface area (Å²) in [5.74, 6) is -3.12. The summed E-state index contributed by atoms with van der Waals surface area (Å²) in [5, 5.41) is 8.41. The van der Waals surface area contributed by atoms with E-state index in [0.29, 0.717) is 0 Å². The van der Waals surface area contributed by atoms with Crippen molar-refractivity contribution in [3.05, 3.63) is 28.3 Å². The van der Waals surface area contributed by atoms with E-state index in [1.165, 1.54) is 21.0 Å². The zero-order chi connectivity index (χ0) is 14.1. The van der Waals surface area contributed by atoms with E-state index in [2.05, 4.69) is 0 Å². The summed E-state index contributed by atoms with van der Waals surface area (Å²) in [5.41, 5.74) is -1.31. The summed E-state index contributed by atoms with van der Waals surface area (Å²) < 4.78 is 32.5. The molecule has 0 aliphatic carbocycles. The Morgan fingerprint density at radius 1 is 1.50 bits per heavy atom. The van der Waals surface area contributed by atoms with Crippen LogP contribution in [0.1, 0.15) is 25.8 Å². The lowest BCUT2D eigenvalue weighted by molar-refractivity contribution is -0.138. The van der Waals surface area contributed by atoms with Crippen molar-refractivity contribution in [2.75, 3.05) is 7.11 Å². The first kappa shape index (κ1) is 14.7. The molecule has 1 N–H and O–H groups in total. The van der Waals surface area contributed by atoms with Crippen molar-refractivity contribution in [2.24, 2.45) is 0 Å². The van der Waals surface area contributed by atoms with E-state index in [4.69, 9.17) is 21.4 Å². The molecular weight excluding hydrogens is 266 g/mol. The largest absolute Gasteiger partial charge is 0.493 e. The fourth-order valence-corrected chi connectivity index (χ4v) is 2.04. The van der Waals surface area contributed by atoms with E-state index in [1.807, 2.05) is 0 Å². The van der Waals surface area contributed by atoms with Crippen LogP contribution in [-0.2, 0) is 10.2 Å². The van der Waals surface area contributed by atoms with Crippen LogP contribution in [0.2, 0.25) is 5.02 Å². The molecule has 0 saturated heterocycles. The Morgan fingerprint density at radius 3 is 2.50 bits per heavy atom. The number of carbonyl (C=O) groups is 1. The Balaban J connectivity index is 3.51. The molecule has 1 aromatic rings. The molecule has 18 heavy (non-hydrogen) atoms. The normalized spacial score (nSPS) is 11.4. The number of ether oxygens (including phenoxy) is 1. The Kier molecular flexibility index (Phi) is 4.16. The Morgan fingerprint density at radius 2 is 2.06 bits per heavy atom. The molecular formula is C12H13ClF2O3. The van der Waals surface area contributed by atoms with E-state index < -0.39 is 28.0 Å². The lowest BCUT2D eigenvalue weighted by Gasteiger charge is -2.26. The van der Waals surface area contributed by atoms with Gasteiger partial charge in [0.05, 0.1) is 18.6 Å². The van der Waals surface area contributed by atoms with Gasteiger partial charge in [-0.05, 0) is 6.07 Å². The van der Waals surface area contributed by atoms with Crippen LogP contribution in [0.3, 0.4) is 0 Å². The summed E-state index contributed by atoms with van der Waals surface area (Å²) in [7, 11) is 1.19. The van der Waals surface area contributed by atoms with Crippen molar-refractivity contribution in [2.45, 2.75) is 25.7 Å². The highest BCUT2D eigenvalue weighted by Crippen LogP contribution is 2.40. The van der Waals surface area contributed by atoms with Gasteiger partial charge in [0, 0.05) is 11.0 Å². The van der Waals surface area contributed by atoms with E-state index in [9.17, 15) is 13.6 Å². The predicted molar refractivity (Wildman–Crippen MR) is 63.2 cm³/mol. The smallest absolute Gasteiger partial charge is 0.304 e. The first-order valence-electron chi connectivity index (χ1n) is 5.14. The number of hydrogen-bond acceptors (Lipinski definition) is 2. The number of methoxy groups -OCH3 is 1. The summed E-state index contributed by atoms with van der Waals surface area (Å²) >= 11 is 5.57. The van der Waals surface area contributed by atoms with Crippen LogP contribution in [0.25, 0.3) is 0 Å². The van der Waals surface area contributed by atoms with Crippen LogP contribution in [0.5, 0.6) is 5.75 Å². The Labute approximate surface area is 108 Å². The van der Waals surface area contributed by atoms with Crippen molar-refractivity contribution in [1.82, 2.24) is 0 Å². The SMILES string of the molecule is COc1c(F)cc(Cl)c(F)c1C(C)(C)CC(=O)O. The van der Waals surface area contributed by atoms with Gasteiger partial charge in [0.25, 0.3) is 0 Å². The molecule has 0 atom stereocenters. The zero-order valence-corrected chi connectivity index (χ0v) is 10.9. The van der Waals surface area contributed by atoms with Crippen LogP contribution in [0.15, 0.2) is 6.07 Å². The summed E-state index contributed by atoms with van der Waals surface area (Å²) in [6.45, 7) is 2.97. The molecule has 0 bridgehead atoms. The van der Waals surface area contributed by atoms with Gasteiger partial charge in [-0.3, -0.25) is 4.79 Å². The maximum Gasteiger partial charge on any atom is 0.304 e. The number of benzene rings is 1. The molecule has 1 aromatic carbocycles. The second-order valence-electron chi connectivity index (χ2n) is 4.52. The van der Waals surface area contributed by atoms with E-state index in [1.54, 1.807) is 0 Å².